The van der Waals surface area contributed by atoms with E-state index in [1.54, 1.807) is 19.3 Å². The molecule has 0 saturated carbocycles. The van der Waals surface area contributed by atoms with E-state index in [1.165, 1.54) is 0 Å². The number of oxazole rings is 1. The molecule has 1 unspecified atom stereocenters. The number of hydrogen-bond acceptors (Lipinski definition) is 5. The molecule has 0 aliphatic heterocycles. The highest BCUT2D eigenvalue weighted by Crippen LogP contribution is 2.21. The summed E-state index contributed by atoms with van der Waals surface area (Å²) in [6.45, 7) is 2.09. The Balaban J connectivity index is 1.82. The summed E-state index contributed by atoms with van der Waals surface area (Å²) >= 11 is 5.97. The van der Waals surface area contributed by atoms with Crippen molar-refractivity contribution in [2.24, 2.45) is 0 Å². The maximum atomic E-state index is 10.3. The second-order valence-corrected chi connectivity index (χ2v) is 5.33. The van der Waals surface area contributed by atoms with Gasteiger partial charge in [-0.3, -0.25) is 9.78 Å². The summed E-state index contributed by atoms with van der Waals surface area (Å²) in [5, 5.41) is 1.58. The quantitative estimate of drug-likeness (QED) is 0.671. The van der Waals surface area contributed by atoms with Gasteiger partial charge in [0.05, 0.1) is 16.7 Å². The monoisotopic (exact) mass is 316 g/mol. The Hall–Kier alpha value is -2.40. The molecule has 1 aromatic carbocycles. The second kappa shape index (κ2) is 6.15. The third kappa shape index (κ3) is 3.09. The molecule has 0 N–H and O–H groups in total. The highest BCUT2D eigenvalue weighted by molar-refractivity contribution is 6.31. The fraction of sp³-hybridized carbons (Fsp3) is 0.188. The Morgan fingerprint density at radius 1 is 1.32 bits per heavy atom. The number of rotatable bonds is 5. The first-order valence-corrected chi connectivity index (χ1v) is 7.11. The van der Waals surface area contributed by atoms with Crippen LogP contribution in [0.1, 0.15) is 30.2 Å². The van der Waals surface area contributed by atoms with Crippen LogP contribution in [0, 0.1) is 0 Å². The molecule has 0 radical (unpaired) electrons. The van der Waals surface area contributed by atoms with Crippen molar-refractivity contribution >= 4 is 29.0 Å². The van der Waals surface area contributed by atoms with Gasteiger partial charge >= 0.3 is 0 Å². The van der Waals surface area contributed by atoms with Crippen LogP contribution in [0.3, 0.4) is 0 Å². The van der Waals surface area contributed by atoms with Gasteiger partial charge in [-0.2, -0.15) is 0 Å². The average molecular weight is 317 g/mol. The van der Waals surface area contributed by atoms with Gasteiger partial charge in [0.1, 0.15) is 5.76 Å². The van der Waals surface area contributed by atoms with Crippen LogP contribution in [-0.4, -0.2) is 16.4 Å². The largest absolute Gasteiger partial charge is 0.455 e. The minimum Gasteiger partial charge on any atom is -0.455 e. The van der Waals surface area contributed by atoms with Crippen molar-refractivity contribution in [3.8, 4) is 0 Å². The number of pyridine rings is 1. The van der Waals surface area contributed by atoms with Crippen LogP contribution in [0.4, 0.5) is 0 Å². The summed E-state index contributed by atoms with van der Waals surface area (Å²) in [5.41, 5.74) is 1.95. The Bertz CT molecular complexity index is 816. The molecule has 0 fully saturated rings. The van der Waals surface area contributed by atoms with Gasteiger partial charge in [-0.05, 0) is 30.7 Å². The van der Waals surface area contributed by atoms with Crippen LogP contribution in [0.15, 0.2) is 41.1 Å². The van der Waals surface area contributed by atoms with E-state index in [0.717, 1.165) is 16.5 Å². The number of carbonyl (C=O) groups excluding carboxylic acids is 1. The molecule has 1 atom stereocenters. The van der Waals surface area contributed by atoms with Crippen LogP contribution in [0.2, 0.25) is 5.02 Å². The molecule has 5 nitrogen and oxygen atoms in total. The predicted molar refractivity (Wildman–Crippen MR) is 81.6 cm³/mol. The number of halogens is 1. The molecule has 22 heavy (non-hydrogen) atoms. The zero-order chi connectivity index (χ0) is 15.5. The van der Waals surface area contributed by atoms with Crippen molar-refractivity contribution in [1.82, 2.24) is 9.97 Å². The second-order valence-electron chi connectivity index (χ2n) is 4.90. The smallest absolute Gasteiger partial charge is 0.293 e. The van der Waals surface area contributed by atoms with Gasteiger partial charge in [-0.25, -0.2) is 4.98 Å². The van der Waals surface area contributed by atoms with E-state index in [0.29, 0.717) is 29.6 Å². The normalized spacial score (nSPS) is 12.3. The number of ether oxygens (including phenoxy) is 1. The van der Waals surface area contributed by atoms with Crippen molar-refractivity contribution in [2.75, 3.05) is 0 Å². The molecule has 0 bridgehead atoms. The van der Waals surface area contributed by atoms with Crippen molar-refractivity contribution in [3.05, 3.63) is 58.9 Å². The Labute approximate surface area is 131 Å². The van der Waals surface area contributed by atoms with Crippen molar-refractivity contribution < 1.29 is 13.9 Å². The number of nitrogens with zero attached hydrogens (tertiary/aromatic N) is 2. The van der Waals surface area contributed by atoms with Gasteiger partial charge in [-0.1, -0.05) is 17.7 Å². The fourth-order valence-electron chi connectivity index (χ4n) is 2.20. The Kier molecular flexibility index (Phi) is 4.06. The third-order valence-corrected chi connectivity index (χ3v) is 3.48. The third-order valence-electron chi connectivity index (χ3n) is 3.27. The minimum atomic E-state index is -0.495. The van der Waals surface area contributed by atoms with Crippen LogP contribution in [0.5, 0.6) is 0 Å². The number of aromatic nitrogens is 2. The molecule has 0 amide bonds. The van der Waals surface area contributed by atoms with Gasteiger partial charge in [-0.15, -0.1) is 0 Å². The highest BCUT2D eigenvalue weighted by atomic mass is 35.5. The molecule has 112 valence electrons. The zero-order valence-electron chi connectivity index (χ0n) is 11.8. The first-order valence-electron chi connectivity index (χ1n) is 6.73. The molecule has 0 spiro atoms. The van der Waals surface area contributed by atoms with Crippen molar-refractivity contribution in [1.29, 1.82) is 0 Å². The zero-order valence-corrected chi connectivity index (χ0v) is 12.6. The lowest BCUT2D eigenvalue weighted by Gasteiger charge is -2.04. The summed E-state index contributed by atoms with van der Waals surface area (Å²) in [6, 6.07) is 7.81. The number of fused-ring (bicyclic) bond motifs is 1. The lowest BCUT2D eigenvalue weighted by Crippen LogP contribution is -1.97. The van der Waals surface area contributed by atoms with E-state index in [2.05, 4.69) is 9.97 Å². The molecular formula is C16H13ClN2O3. The lowest BCUT2D eigenvalue weighted by molar-refractivity contribution is -0.134. The standard InChI is InChI=1S/C16H13ClN2O3/c1-10(21-9-20)16-19-8-14(22-16)5-11-2-3-15-12(4-11)6-13(17)7-18-15/h2-4,6-10H,5H2,1H3. The van der Waals surface area contributed by atoms with E-state index in [9.17, 15) is 4.79 Å². The summed E-state index contributed by atoms with van der Waals surface area (Å²) in [7, 11) is 0. The lowest BCUT2D eigenvalue weighted by atomic mass is 10.1. The molecule has 2 heterocycles. The van der Waals surface area contributed by atoms with Crippen LogP contribution in [-0.2, 0) is 16.0 Å². The van der Waals surface area contributed by atoms with E-state index in [4.69, 9.17) is 20.8 Å². The predicted octanol–water partition coefficient (Wildman–Crippen LogP) is 3.70. The maximum Gasteiger partial charge on any atom is 0.293 e. The average Bonchev–Trinajstić information content (AvgIpc) is 2.96. The number of hydrogen-bond donors (Lipinski definition) is 0. The first-order chi connectivity index (χ1) is 10.7. The summed E-state index contributed by atoms with van der Waals surface area (Å²) in [4.78, 5) is 18.7. The van der Waals surface area contributed by atoms with Gasteiger partial charge < -0.3 is 9.15 Å². The summed E-state index contributed by atoms with van der Waals surface area (Å²) in [6.07, 6.45) is 3.36. The van der Waals surface area contributed by atoms with E-state index >= 15 is 0 Å². The molecule has 3 aromatic rings. The van der Waals surface area contributed by atoms with Crippen LogP contribution >= 0.6 is 11.6 Å². The van der Waals surface area contributed by atoms with E-state index in [1.807, 2.05) is 24.3 Å². The highest BCUT2D eigenvalue weighted by Gasteiger charge is 2.13. The van der Waals surface area contributed by atoms with Crippen LogP contribution in [0.25, 0.3) is 10.9 Å². The SMILES string of the molecule is CC(OC=O)c1ncc(Cc2ccc3ncc(Cl)cc3c2)o1. The molecule has 0 saturated heterocycles. The summed E-state index contributed by atoms with van der Waals surface area (Å²) < 4.78 is 10.4. The maximum absolute atomic E-state index is 10.3. The molecular weight excluding hydrogens is 304 g/mol. The van der Waals surface area contributed by atoms with Gasteiger partial charge in [0.25, 0.3) is 6.47 Å². The Morgan fingerprint density at radius 3 is 3.00 bits per heavy atom. The van der Waals surface area contributed by atoms with Crippen LogP contribution < -0.4 is 0 Å². The first kappa shape index (κ1) is 14.5. The topological polar surface area (TPSA) is 65.2 Å². The van der Waals surface area contributed by atoms with Gasteiger partial charge in [0, 0.05) is 18.0 Å². The van der Waals surface area contributed by atoms with Gasteiger partial charge in [0.15, 0.2) is 6.10 Å². The Morgan fingerprint density at radius 2 is 2.18 bits per heavy atom. The minimum absolute atomic E-state index is 0.382. The van der Waals surface area contributed by atoms with Gasteiger partial charge in [0.2, 0.25) is 5.89 Å². The molecule has 0 aliphatic rings. The van der Waals surface area contributed by atoms with Crippen molar-refractivity contribution in [2.45, 2.75) is 19.4 Å². The number of benzene rings is 1. The summed E-state index contributed by atoms with van der Waals surface area (Å²) in [5.74, 6) is 1.08. The number of carbonyl (C=O) groups is 1. The molecule has 0 aliphatic carbocycles. The van der Waals surface area contributed by atoms with E-state index < -0.39 is 6.10 Å². The molecule has 2 aromatic heterocycles. The molecule has 6 heteroatoms. The molecule has 3 rings (SSSR count). The fourth-order valence-corrected chi connectivity index (χ4v) is 2.37. The van der Waals surface area contributed by atoms with E-state index in [-0.39, 0.29) is 0 Å². The van der Waals surface area contributed by atoms with Crippen molar-refractivity contribution in [3.63, 3.8) is 0 Å².